The molecule has 0 aliphatic rings. The van der Waals surface area contributed by atoms with Crippen LogP contribution in [0.1, 0.15) is 18.9 Å². The van der Waals surface area contributed by atoms with Crippen LogP contribution in [0.3, 0.4) is 0 Å². The van der Waals surface area contributed by atoms with Crippen molar-refractivity contribution in [3.63, 3.8) is 0 Å². The molecule has 0 aliphatic carbocycles. The van der Waals surface area contributed by atoms with E-state index in [0.29, 0.717) is 5.75 Å². The topological polar surface area (TPSA) is 55.8 Å². The minimum atomic E-state index is -4.26. The lowest BCUT2D eigenvalue weighted by Crippen LogP contribution is -2.24. The second-order valence-electron chi connectivity index (χ2n) is 4.82. The lowest BCUT2D eigenvalue weighted by Gasteiger charge is -2.18. The molecule has 0 bridgehead atoms. The Bertz CT molecular complexity index is 520. The lowest BCUT2D eigenvalue weighted by molar-refractivity contribution is -0.156. The Kier molecular flexibility index (Phi) is 7.70. The summed E-state index contributed by atoms with van der Waals surface area (Å²) in [5, 5.41) is 8.57. The molecule has 1 aromatic carbocycles. The third kappa shape index (κ3) is 8.13. The standard InChI is InChI=1S/C15H19F3O4S/c1-3-21-11(7-15(16,17)18)9-23-12-4-5-13(10(2)6-12)22-8-14(19)20/h4-6,11H,3,7-9H2,1-2H3,(H,19,20). The number of carboxylic acid groups (broad SMARTS) is 1. The summed E-state index contributed by atoms with van der Waals surface area (Å²) in [4.78, 5) is 11.2. The first-order valence-corrected chi connectivity index (χ1v) is 7.96. The van der Waals surface area contributed by atoms with E-state index in [2.05, 4.69) is 0 Å². The molecule has 0 heterocycles. The maximum atomic E-state index is 12.5. The highest BCUT2D eigenvalue weighted by atomic mass is 32.2. The Labute approximate surface area is 137 Å². The zero-order chi connectivity index (χ0) is 17.5. The number of hydrogen-bond donors (Lipinski definition) is 1. The van der Waals surface area contributed by atoms with Gasteiger partial charge in [-0.3, -0.25) is 0 Å². The van der Waals surface area contributed by atoms with E-state index < -0.39 is 31.3 Å². The van der Waals surface area contributed by atoms with Gasteiger partial charge in [0.1, 0.15) is 5.75 Å². The molecule has 1 aromatic rings. The number of carboxylic acids is 1. The molecular weight excluding hydrogens is 333 g/mol. The first-order chi connectivity index (χ1) is 10.7. The first kappa shape index (κ1) is 19.6. The maximum absolute atomic E-state index is 12.5. The van der Waals surface area contributed by atoms with Crippen LogP contribution < -0.4 is 4.74 Å². The molecule has 0 aromatic heterocycles. The van der Waals surface area contributed by atoms with Crippen molar-refractivity contribution < 1.29 is 32.5 Å². The van der Waals surface area contributed by atoms with E-state index >= 15 is 0 Å². The number of carbonyl (C=O) groups is 1. The van der Waals surface area contributed by atoms with Crippen LogP contribution in [0.15, 0.2) is 23.1 Å². The molecule has 130 valence electrons. The Morgan fingerprint density at radius 1 is 1.39 bits per heavy atom. The summed E-state index contributed by atoms with van der Waals surface area (Å²) in [6, 6.07) is 5.05. The zero-order valence-corrected chi connectivity index (χ0v) is 13.7. The summed E-state index contributed by atoms with van der Waals surface area (Å²) >= 11 is 1.26. The number of ether oxygens (including phenoxy) is 2. The van der Waals surface area contributed by atoms with Crippen molar-refractivity contribution in [3.05, 3.63) is 23.8 Å². The van der Waals surface area contributed by atoms with Gasteiger partial charge in [0, 0.05) is 17.3 Å². The van der Waals surface area contributed by atoms with Gasteiger partial charge in [-0.05, 0) is 37.6 Å². The average molecular weight is 352 g/mol. The van der Waals surface area contributed by atoms with E-state index in [1.807, 2.05) is 0 Å². The average Bonchev–Trinajstić information content (AvgIpc) is 2.42. The summed E-state index contributed by atoms with van der Waals surface area (Å²) in [6.07, 6.45) is -6.13. The summed E-state index contributed by atoms with van der Waals surface area (Å²) in [7, 11) is 0. The van der Waals surface area contributed by atoms with E-state index in [4.69, 9.17) is 14.6 Å². The summed E-state index contributed by atoms with van der Waals surface area (Å²) in [6.45, 7) is 3.19. The minimum absolute atomic E-state index is 0.183. The SMILES string of the molecule is CCOC(CSc1ccc(OCC(=O)O)c(C)c1)CC(F)(F)F. The lowest BCUT2D eigenvalue weighted by atomic mass is 10.2. The van der Waals surface area contributed by atoms with Crippen LogP contribution in [0.25, 0.3) is 0 Å². The number of alkyl halides is 3. The van der Waals surface area contributed by atoms with Crippen LogP contribution in [-0.4, -0.2) is 42.3 Å². The van der Waals surface area contributed by atoms with Crippen LogP contribution in [-0.2, 0) is 9.53 Å². The molecule has 1 atom stereocenters. The van der Waals surface area contributed by atoms with Gasteiger partial charge in [-0.15, -0.1) is 11.8 Å². The number of halogens is 3. The van der Waals surface area contributed by atoms with Gasteiger partial charge in [-0.25, -0.2) is 4.79 Å². The molecule has 8 heteroatoms. The molecule has 0 fully saturated rings. The molecule has 0 spiro atoms. The van der Waals surface area contributed by atoms with Crippen LogP contribution >= 0.6 is 11.8 Å². The Hall–Kier alpha value is -1.41. The number of aryl methyl sites for hydroxylation is 1. The summed E-state index contributed by atoms with van der Waals surface area (Å²) in [5.41, 5.74) is 0.722. The van der Waals surface area contributed by atoms with Crippen molar-refractivity contribution in [2.75, 3.05) is 19.0 Å². The fourth-order valence-electron chi connectivity index (χ4n) is 1.86. The van der Waals surface area contributed by atoms with E-state index in [1.54, 1.807) is 32.0 Å². The first-order valence-electron chi connectivity index (χ1n) is 6.97. The Balaban J connectivity index is 2.62. The molecule has 0 saturated heterocycles. The molecule has 1 rings (SSSR count). The summed E-state index contributed by atoms with van der Waals surface area (Å²) in [5.74, 6) is -0.453. The fraction of sp³-hybridized carbons (Fsp3) is 0.533. The minimum Gasteiger partial charge on any atom is -0.482 e. The van der Waals surface area contributed by atoms with Crippen molar-refractivity contribution >= 4 is 17.7 Å². The monoisotopic (exact) mass is 352 g/mol. The molecule has 0 aliphatic heterocycles. The number of hydrogen-bond acceptors (Lipinski definition) is 4. The van der Waals surface area contributed by atoms with Crippen LogP contribution in [0.2, 0.25) is 0 Å². The van der Waals surface area contributed by atoms with Crippen LogP contribution in [0.5, 0.6) is 5.75 Å². The largest absolute Gasteiger partial charge is 0.482 e. The molecule has 1 unspecified atom stereocenters. The van der Waals surface area contributed by atoms with Gasteiger partial charge < -0.3 is 14.6 Å². The highest BCUT2D eigenvalue weighted by molar-refractivity contribution is 7.99. The fourth-order valence-corrected chi connectivity index (χ4v) is 2.88. The third-order valence-corrected chi connectivity index (χ3v) is 3.92. The second kappa shape index (κ2) is 9.02. The normalized spacial score (nSPS) is 12.9. The van der Waals surface area contributed by atoms with Gasteiger partial charge in [0.25, 0.3) is 0 Å². The summed E-state index contributed by atoms with van der Waals surface area (Å²) < 4.78 is 47.6. The van der Waals surface area contributed by atoms with Crippen LogP contribution in [0.4, 0.5) is 13.2 Å². The number of thioether (sulfide) groups is 1. The van der Waals surface area contributed by atoms with Crippen molar-refractivity contribution in [2.45, 2.75) is 37.4 Å². The number of rotatable bonds is 9. The molecule has 0 radical (unpaired) electrons. The molecular formula is C15H19F3O4S. The predicted octanol–water partition coefficient (Wildman–Crippen LogP) is 3.91. The highest BCUT2D eigenvalue weighted by Gasteiger charge is 2.32. The zero-order valence-electron chi connectivity index (χ0n) is 12.9. The maximum Gasteiger partial charge on any atom is 0.391 e. The van der Waals surface area contributed by atoms with E-state index in [1.165, 1.54) is 11.8 Å². The number of aliphatic carboxylic acids is 1. The van der Waals surface area contributed by atoms with Crippen molar-refractivity contribution in [1.29, 1.82) is 0 Å². The van der Waals surface area contributed by atoms with Gasteiger partial charge in [0.2, 0.25) is 0 Å². The highest BCUT2D eigenvalue weighted by Crippen LogP contribution is 2.29. The predicted molar refractivity (Wildman–Crippen MR) is 81.1 cm³/mol. The molecule has 0 saturated carbocycles. The van der Waals surface area contributed by atoms with Gasteiger partial charge in [0.15, 0.2) is 6.61 Å². The Morgan fingerprint density at radius 3 is 2.61 bits per heavy atom. The van der Waals surface area contributed by atoms with E-state index in [0.717, 1.165) is 10.5 Å². The van der Waals surface area contributed by atoms with Gasteiger partial charge in [-0.1, -0.05) is 0 Å². The molecule has 4 nitrogen and oxygen atoms in total. The van der Waals surface area contributed by atoms with E-state index in [-0.39, 0.29) is 12.4 Å². The van der Waals surface area contributed by atoms with Gasteiger partial charge in [-0.2, -0.15) is 13.2 Å². The third-order valence-electron chi connectivity index (χ3n) is 2.79. The van der Waals surface area contributed by atoms with Crippen LogP contribution in [0, 0.1) is 6.92 Å². The Morgan fingerprint density at radius 2 is 2.09 bits per heavy atom. The van der Waals surface area contributed by atoms with Crippen molar-refractivity contribution in [3.8, 4) is 5.75 Å². The van der Waals surface area contributed by atoms with Crippen molar-refractivity contribution in [2.24, 2.45) is 0 Å². The molecule has 0 amide bonds. The second-order valence-corrected chi connectivity index (χ2v) is 5.91. The van der Waals surface area contributed by atoms with Crippen molar-refractivity contribution in [1.82, 2.24) is 0 Å². The number of benzene rings is 1. The van der Waals surface area contributed by atoms with Gasteiger partial charge in [0.05, 0.1) is 12.5 Å². The molecule has 1 N–H and O–H groups in total. The molecule has 23 heavy (non-hydrogen) atoms. The van der Waals surface area contributed by atoms with E-state index in [9.17, 15) is 18.0 Å². The quantitative estimate of drug-likeness (QED) is 0.683. The smallest absolute Gasteiger partial charge is 0.391 e. The van der Waals surface area contributed by atoms with Gasteiger partial charge >= 0.3 is 12.1 Å².